The first-order valence-electron chi connectivity index (χ1n) is 6.99. The number of thiophene rings is 1. The summed E-state index contributed by atoms with van der Waals surface area (Å²) in [5.41, 5.74) is 2.39. The van der Waals surface area contributed by atoms with E-state index in [0.717, 1.165) is 17.7 Å². The molecule has 1 amide bonds. The van der Waals surface area contributed by atoms with Crippen LogP contribution in [0, 0.1) is 0 Å². The third-order valence-corrected chi connectivity index (χ3v) is 5.77. The van der Waals surface area contributed by atoms with Crippen LogP contribution >= 0.6 is 11.3 Å². The van der Waals surface area contributed by atoms with E-state index in [2.05, 4.69) is 4.72 Å². The van der Waals surface area contributed by atoms with Crippen molar-refractivity contribution in [3.05, 3.63) is 46.2 Å². The maximum Gasteiger partial charge on any atom is 0.268 e. The minimum atomic E-state index is -3.28. The molecule has 0 unspecified atom stereocenters. The van der Waals surface area contributed by atoms with Crippen molar-refractivity contribution in [2.75, 3.05) is 21.9 Å². The van der Waals surface area contributed by atoms with Gasteiger partial charge in [-0.25, -0.2) is 8.42 Å². The standard InChI is InChI=1S/C15H16N2O3S2/c1-2-22(19,20)16-12-5-6-13-11(10-12)7-8-17(13)15(18)14-4-3-9-21-14/h3-6,9-10,16H,2,7-8H2,1H3. The topological polar surface area (TPSA) is 66.5 Å². The molecule has 0 saturated carbocycles. The Balaban J connectivity index is 1.86. The smallest absolute Gasteiger partial charge is 0.268 e. The summed E-state index contributed by atoms with van der Waals surface area (Å²) in [5.74, 6) is 0.0308. The Bertz CT molecular complexity index is 798. The van der Waals surface area contributed by atoms with Crippen LogP contribution in [0.4, 0.5) is 11.4 Å². The van der Waals surface area contributed by atoms with Gasteiger partial charge in [-0.1, -0.05) is 6.07 Å². The molecule has 1 N–H and O–H groups in total. The highest BCUT2D eigenvalue weighted by molar-refractivity contribution is 7.92. The molecule has 0 spiro atoms. The fourth-order valence-electron chi connectivity index (χ4n) is 2.46. The van der Waals surface area contributed by atoms with Gasteiger partial charge in [-0.05, 0) is 48.6 Å². The molecule has 2 aromatic rings. The molecule has 1 aromatic heterocycles. The average molecular weight is 336 g/mol. The van der Waals surface area contributed by atoms with Gasteiger partial charge in [0.25, 0.3) is 5.91 Å². The largest absolute Gasteiger partial charge is 0.307 e. The lowest BCUT2D eigenvalue weighted by atomic mass is 10.1. The molecule has 1 aliphatic heterocycles. The van der Waals surface area contributed by atoms with Crippen LogP contribution in [0.15, 0.2) is 35.7 Å². The van der Waals surface area contributed by atoms with Crippen LogP contribution in [-0.2, 0) is 16.4 Å². The van der Waals surface area contributed by atoms with Gasteiger partial charge in [0.15, 0.2) is 0 Å². The molecule has 0 atom stereocenters. The Hall–Kier alpha value is -1.86. The summed E-state index contributed by atoms with van der Waals surface area (Å²) in [4.78, 5) is 14.9. The first-order valence-corrected chi connectivity index (χ1v) is 9.52. The lowest BCUT2D eigenvalue weighted by Crippen LogP contribution is -2.28. The van der Waals surface area contributed by atoms with Crippen LogP contribution in [0.1, 0.15) is 22.2 Å². The number of benzene rings is 1. The number of nitrogens with one attached hydrogen (secondary N) is 1. The van der Waals surface area contributed by atoms with Crippen LogP contribution in [0.3, 0.4) is 0 Å². The van der Waals surface area contributed by atoms with E-state index in [1.54, 1.807) is 24.0 Å². The van der Waals surface area contributed by atoms with Crippen LogP contribution in [0.25, 0.3) is 0 Å². The molecule has 0 aliphatic carbocycles. The second-order valence-corrected chi connectivity index (χ2v) is 7.99. The zero-order valence-electron chi connectivity index (χ0n) is 12.1. The number of amides is 1. The molecule has 0 radical (unpaired) electrons. The van der Waals surface area contributed by atoms with Crippen molar-refractivity contribution < 1.29 is 13.2 Å². The number of fused-ring (bicyclic) bond motifs is 1. The van der Waals surface area contributed by atoms with Crippen LogP contribution in [-0.4, -0.2) is 26.6 Å². The van der Waals surface area contributed by atoms with Crippen molar-refractivity contribution in [1.82, 2.24) is 0 Å². The fraction of sp³-hybridized carbons (Fsp3) is 0.267. The van der Waals surface area contributed by atoms with Crippen molar-refractivity contribution in [3.63, 3.8) is 0 Å². The van der Waals surface area contributed by atoms with Gasteiger partial charge >= 0.3 is 0 Å². The van der Waals surface area contributed by atoms with Gasteiger partial charge in [0.2, 0.25) is 10.0 Å². The number of carbonyl (C=O) groups excluding carboxylic acids is 1. The van der Waals surface area contributed by atoms with Gasteiger partial charge in [0.1, 0.15) is 0 Å². The lowest BCUT2D eigenvalue weighted by Gasteiger charge is -2.16. The Morgan fingerprint density at radius 1 is 1.36 bits per heavy atom. The van der Waals surface area contributed by atoms with E-state index in [0.29, 0.717) is 17.1 Å². The molecule has 1 aliphatic rings. The van der Waals surface area contributed by atoms with E-state index in [1.165, 1.54) is 11.3 Å². The summed E-state index contributed by atoms with van der Waals surface area (Å²) < 4.78 is 25.8. The Morgan fingerprint density at radius 2 is 2.18 bits per heavy atom. The highest BCUT2D eigenvalue weighted by Gasteiger charge is 2.26. The molecular formula is C15H16N2O3S2. The van der Waals surface area contributed by atoms with Gasteiger partial charge in [-0.3, -0.25) is 9.52 Å². The quantitative estimate of drug-likeness (QED) is 0.933. The van der Waals surface area contributed by atoms with Gasteiger partial charge in [-0.2, -0.15) is 0 Å². The first-order chi connectivity index (χ1) is 10.5. The van der Waals surface area contributed by atoms with Crippen molar-refractivity contribution in [3.8, 4) is 0 Å². The average Bonchev–Trinajstić information content (AvgIpc) is 3.15. The van der Waals surface area contributed by atoms with E-state index in [9.17, 15) is 13.2 Å². The molecule has 22 heavy (non-hydrogen) atoms. The second-order valence-electron chi connectivity index (χ2n) is 5.03. The molecule has 0 bridgehead atoms. The molecule has 0 fully saturated rings. The summed E-state index contributed by atoms with van der Waals surface area (Å²) in [7, 11) is -3.28. The zero-order chi connectivity index (χ0) is 15.7. The van der Waals surface area contributed by atoms with Gasteiger partial charge in [0, 0.05) is 17.9 Å². The predicted octanol–water partition coefficient (Wildman–Crippen LogP) is 2.71. The summed E-state index contributed by atoms with van der Waals surface area (Å²) in [6.45, 7) is 2.22. The number of sulfonamides is 1. The van der Waals surface area contributed by atoms with Crippen molar-refractivity contribution in [2.24, 2.45) is 0 Å². The minimum absolute atomic E-state index is 0.00404. The third kappa shape index (κ3) is 2.86. The van der Waals surface area contributed by atoms with E-state index in [4.69, 9.17) is 0 Å². The fourth-order valence-corrected chi connectivity index (χ4v) is 3.76. The number of nitrogens with zero attached hydrogens (tertiary/aromatic N) is 1. The molecular weight excluding hydrogens is 320 g/mol. The van der Waals surface area contributed by atoms with Crippen LogP contribution in [0.5, 0.6) is 0 Å². The van der Waals surface area contributed by atoms with Crippen molar-refractivity contribution in [2.45, 2.75) is 13.3 Å². The highest BCUT2D eigenvalue weighted by atomic mass is 32.2. The summed E-state index contributed by atoms with van der Waals surface area (Å²) in [6, 6.07) is 8.99. The minimum Gasteiger partial charge on any atom is -0.307 e. The molecule has 1 aromatic carbocycles. The van der Waals surface area contributed by atoms with Crippen LogP contribution < -0.4 is 9.62 Å². The highest BCUT2D eigenvalue weighted by Crippen LogP contribution is 2.32. The SMILES string of the molecule is CCS(=O)(=O)Nc1ccc2c(c1)CCN2C(=O)c1cccs1. The Kier molecular flexibility index (Phi) is 3.92. The second kappa shape index (κ2) is 5.73. The number of rotatable bonds is 4. The molecule has 2 heterocycles. The number of hydrogen-bond donors (Lipinski definition) is 1. The van der Waals surface area contributed by atoms with Crippen molar-refractivity contribution >= 4 is 38.6 Å². The van der Waals surface area contributed by atoms with E-state index in [-0.39, 0.29) is 11.7 Å². The monoisotopic (exact) mass is 336 g/mol. The van der Waals surface area contributed by atoms with E-state index in [1.807, 2.05) is 23.6 Å². The third-order valence-electron chi connectivity index (χ3n) is 3.61. The Labute approximate surface area is 133 Å². The summed E-state index contributed by atoms with van der Waals surface area (Å²) >= 11 is 1.42. The van der Waals surface area contributed by atoms with Gasteiger partial charge in [-0.15, -0.1) is 11.3 Å². The lowest BCUT2D eigenvalue weighted by molar-refractivity contribution is 0.0993. The summed E-state index contributed by atoms with van der Waals surface area (Å²) in [5, 5.41) is 1.88. The maximum absolute atomic E-state index is 12.5. The molecule has 3 rings (SSSR count). The molecule has 5 nitrogen and oxygen atoms in total. The number of carbonyl (C=O) groups is 1. The predicted molar refractivity (Wildman–Crippen MR) is 89.2 cm³/mol. The zero-order valence-corrected chi connectivity index (χ0v) is 13.7. The maximum atomic E-state index is 12.5. The number of hydrogen-bond acceptors (Lipinski definition) is 4. The molecule has 7 heteroatoms. The Morgan fingerprint density at radius 3 is 2.86 bits per heavy atom. The normalized spacial score (nSPS) is 14.0. The molecule has 116 valence electrons. The van der Waals surface area contributed by atoms with E-state index >= 15 is 0 Å². The van der Waals surface area contributed by atoms with E-state index < -0.39 is 10.0 Å². The first kappa shape index (κ1) is 15.1. The number of anilines is 2. The van der Waals surface area contributed by atoms with Crippen molar-refractivity contribution in [1.29, 1.82) is 0 Å². The van der Waals surface area contributed by atoms with Gasteiger partial charge < -0.3 is 4.90 Å². The van der Waals surface area contributed by atoms with Gasteiger partial charge in [0.05, 0.1) is 10.6 Å². The van der Waals surface area contributed by atoms with Crippen LogP contribution in [0.2, 0.25) is 0 Å². The molecule has 0 saturated heterocycles. The summed E-state index contributed by atoms with van der Waals surface area (Å²) in [6.07, 6.45) is 0.730.